The van der Waals surface area contributed by atoms with Crippen molar-refractivity contribution >= 4 is 34.0 Å². The van der Waals surface area contributed by atoms with E-state index in [-0.39, 0.29) is 11.4 Å². The van der Waals surface area contributed by atoms with Crippen molar-refractivity contribution in [3.8, 4) is 0 Å². The van der Waals surface area contributed by atoms with Crippen LogP contribution >= 0.6 is 22.6 Å². The molecule has 0 saturated heterocycles. The van der Waals surface area contributed by atoms with Gasteiger partial charge < -0.3 is 9.84 Å². The third kappa shape index (κ3) is 6.34. The molecule has 2 heterocycles. The lowest BCUT2D eigenvalue weighted by molar-refractivity contribution is -0.237. The second kappa shape index (κ2) is 9.64. The molecule has 1 aliphatic heterocycles. The van der Waals surface area contributed by atoms with Gasteiger partial charge in [-0.25, -0.2) is 5.01 Å². The standard InChI is InChI=1S/C16H15F9IN3O2/c17-14(18,19)8-5-9(7-27-6-8)29-13(30)10(11(28-29)15(20,21)22)12(16(23,24)25)31-4-2-1-3-26/h5-7,10,12-13,30H,1-4H2. The number of hydrogen-bond donors (Lipinski definition) is 1. The summed E-state index contributed by atoms with van der Waals surface area (Å²) in [7, 11) is 0. The molecule has 0 spiro atoms. The van der Waals surface area contributed by atoms with Gasteiger partial charge >= 0.3 is 18.5 Å². The van der Waals surface area contributed by atoms with Crippen molar-refractivity contribution in [2.75, 3.05) is 16.0 Å². The van der Waals surface area contributed by atoms with Gasteiger partial charge in [-0.1, -0.05) is 22.6 Å². The predicted molar refractivity (Wildman–Crippen MR) is 98.6 cm³/mol. The second-order valence-corrected chi connectivity index (χ2v) is 7.50. The molecule has 31 heavy (non-hydrogen) atoms. The number of aliphatic hydroxyl groups excluding tert-OH is 1. The van der Waals surface area contributed by atoms with E-state index in [0.717, 1.165) is 0 Å². The van der Waals surface area contributed by atoms with E-state index in [1.807, 2.05) is 22.6 Å². The molecular weight excluding hydrogens is 564 g/mol. The van der Waals surface area contributed by atoms with Crippen molar-refractivity contribution in [1.29, 1.82) is 0 Å². The Morgan fingerprint density at radius 1 is 1.03 bits per heavy atom. The van der Waals surface area contributed by atoms with Gasteiger partial charge in [0, 0.05) is 12.8 Å². The minimum Gasteiger partial charge on any atom is -0.371 e. The van der Waals surface area contributed by atoms with Crippen LogP contribution in [0.15, 0.2) is 23.6 Å². The number of aromatic nitrogens is 1. The molecule has 0 amide bonds. The maximum absolute atomic E-state index is 13.5. The molecule has 3 unspecified atom stereocenters. The normalized spacial score (nSPS) is 21.4. The van der Waals surface area contributed by atoms with Crippen LogP contribution in [-0.4, -0.2) is 51.5 Å². The number of rotatable bonds is 7. The molecule has 0 aromatic carbocycles. The van der Waals surface area contributed by atoms with Crippen molar-refractivity contribution in [2.45, 2.75) is 43.7 Å². The summed E-state index contributed by atoms with van der Waals surface area (Å²) in [6.07, 6.45) is -19.8. The highest BCUT2D eigenvalue weighted by atomic mass is 127. The van der Waals surface area contributed by atoms with Gasteiger partial charge in [-0.15, -0.1) is 0 Å². The molecule has 15 heteroatoms. The Hall–Kier alpha value is -1.36. The molecule has 1 aromatic rings. The van der Waals surface area contributed by atoms with Crippen molar-refractivity contribution in [3.63, 3.8) is 0 Å². The Morgan fingerprint density at radius 2 is 1.68 bits per heavy atom. The Morgan fingerprint density at radius 3 is 2.19 bits per heavy atom. The molecule has 176 valence electrons. The Balaban J connectivity index is 2.45. The summed E-state index contributed by atoms with van der Waals surface area (Å²) in [5.41, 5.74) is -4.17. The fraction of sp³-hybridized carbons (Fsp3) is 0.625. The molecule has 1 aliphatic rings. The summed E-state index contributed by atoms with van der Waals surface area (Å²) in [5.74, 6) is -2.74. The molecule has 0 saturated carbocycles. The van der Waals surface area contributed by atoms with Crippen molar-refractivity contribution < 1.29 is 49.4 Å². The summed E-state index contributed by atoms with van der Waals surface area (Å²) in [6.45, 7) is -0.535. The van der Waals surface area contributed by atoms with Crippen LogP contribution in [0.2, 0.25) is 0 Å². The molecular formula is C16H15F9IN3O2. The zero-order chi connectivity index (χ0) is 23.6. The first-order valence-electron chi connectivity index (χ1n) is 8.57. The highest BCUT2D eigenvalue weighted by Gasteiger charge is 2.60. The number of hydrogen-bond acceptors (Lipinski definition) is 5. The number of ether oxygens (including phenoxy) is 1. The van der Waals surface area contributed by atoms with Crippen LogP contribution in [0, 0.1) is 5.92 Å². The summed E-state index contributed by atoms with van der Waals surface area (Å²) < 4.78 is 125. The van der Waals surface area contributed by atoms with Crippen LogP contribution < -0.4 is 5.01 Å². The van der Waals surface area contributed by atoms with Crippen LogP contribution in [0.4, 0.5) is 45.2 Å². The number of hydrazone groups is 1. The molecule has 0 aliphatic carbocycles. The van der Waals surface area contributed by atoms with Gasteiger partial charge in [0.25, 0.3) is 0 Å². The first kappa shape index (κ1) is 25.9. The van der Waals surface area contributed by atoms with Gasteiger partial charge in [0.05, 0.1) is 23.4 Å². The third-order valence-electron chi connectivity index (χ3n) is 4.18. The number of pyridine rings is 1. The fourth-order valence-electron chi connectivity index (χ4n) is 2.81. The largest absolute Gasteiger partial charge is 0.431 e. The van der Waals surface area contributed by atoms with E-state index >= 15 is 0 Å². The maximum Gasteiger partial charge on any atom is 0.431 e. The SMILES string of the molecule is OC1C(C(OCCCCI)C(F)(F)F)C(C(F)(F)F)=NN1c1cncc(C(F)(F)F)c1. The minimum absolute atomic E-state index is 0.0304. The van der Waals surface area contributed by atoms with Gasteiger partial charge in [0.1, 0.15) is 0 Å². The highest BCUT2D eigenvalue weighted by molar-refractivity contribution is 14.1. The van der Waals surface area contributed by atoms with E-state index < -0.39 is 60.3 Å². The number of nitrogens with zero attached hydrogens (tertiary/aromatic N) is 3. The Bertz CT molecular complexity index is 783. The number of alkyl halides is 10. The topological polar surface area (TPSA) is 58.0 Å². The van der Waals surface area contributed by atoms with Crippen molar-refractivity contribution in [2.24, 2.45) is 11.0 Å². The molecule has 5 nitrogen and oxygen atoms in total. The van der Waals surface area contributed by atoms with Gasteiger partial charge in [0.2, 0.25) is 0 Å². The molecule has 1 N–H and O–H groups in total. The van der Waals surface area contributed by atoms with Gasteiger partial charge in [-0.3, -0.25) is 4.98 Å². The summed E-state index contributed by atoms with van der Waals surface area (Å²) in [5, 5.41) is 13.3. The number of anilines is 1. The summed E-state index contributed by atoms with van der Waals surface area (Å²) in [4.78, 5) is 3.23. The molecule has 3 atom stereocenters. The second-order valence-electron chi connectivity index (χ2n) is 6.43. The van der Waals surface area contributed by atoms with Crippen molar-refractivity contribution in [1.82, 2.24) is 4.98 Å². The molecule has 0 radical (unpaired) electrons. The predicted octanol–water partition coefficient (Wildman–Crippen LogP) is 4.94. The molecule has 0 bridgehead atoms. The van der Waals surface area contributed by atoms with Crippen LogP contribution in [-0.2, 0) is 10.9 Å². The lowest BCUT2D eigenvalue weighted by atomic mass is 9.94. The van der Waals surface area contributed by atoms with E-state index in [1.54, 1.807) is 0 Å². The average molecular weight is 579 g/mol. The van der Waals surface area contributed by atoms with Gasteiger partial charge in [0.15, 0.2) is 18.0 Å². The van der Waals surface area contributed by atoms with Crippen LogP contribution in [0.25, 0.3) is 0 Å². The van der Waals surface area contributed by atoms with E-state index in [9.17, 15) is 44.6 Å². The minimum atomic E-state index is -5.41. The van der Waals surface area contributed by atoms with E-state index in [0.29, 0.717) is 29.3 Å². The first-order valence-corrected chi connectivity index (χ1v) is 10.1. The van der Waals surface area contributed by atoms with E-state index in [1.165, 1.54) is 0 Å². The molecule has 2 rings (SSSR count). The third-order valence-corrected chi connectivity index (χ3v) is 4.95. The Labute approximate surface area is 183 Å². The monoisotopic (exact) mass is 579 g/mol. The lowest BCUT2D eigenvalue weighted by Crippen LogP contribution is -2.51. The van der Waals surface area contributed by atoms with Crippen LogP contribution in [0.1, 0.15) is 18.4 Å². The summed E-state index contributed by atoms with van der Waals surface area (Å²) in [6, 6.07) is 0.319. The van der Waals surface area contributed by atoms with Gasteiger partial charge in [-0.05, 0) is 23.3 Å². The maximum atomic E-state index is 13.5. The zero-order valence-electron chi connectivity index (χ0n) is 15.3. The fourth-order valence-corrected chi connectivity index (χ4v) is 3.35. The van der Waals surface area contributed by atoms with Crippen molar-refractivity contribution in [3.05, 3.63) is 24.0 Å². The summed E-state index contributed by atoms with van der Waals surface area (Å²) >= 11 is 1.95. The Kier molecular flexibility index (Phi) is 8.05. The number of unbranched alkanes of at least 4 members (excludes halogenated alkanes) is 1. The first-order chi connectivity index (χ1) is 14.2. The number of halogens is 10. The number of aliphatic hydroxyl groups is 1. The van der Waals surface area contributed by atoms with E-state index in [4.69, 9.17) is 0 Å². The lowest BCUT2D eigenvalue weighted by Gasteiger charge is -2.31. The van der Waals surface area contributed by atoms with Crippen LogP contribution in [0.5, 0.6) is 0 Å². The smallest absolute Gasteiger partial charge is 0.371 e. The quantitative estimate of drug-likeness (QED) is 0.216. The molecule has 0 fully saturated rings. The van der Waals surface area contributed by atoms with E-state index in [2.05, 4.69) is 14.8 Å². The van der Waals surface area contributed by atoms with Crippen LogP contribution in [0.3, 0.4) is 0 Å². The molecule has 1 aromatic heterocycles. The van der Waals surface area contributed by atoms with Gasteiger partial charge in [-0.2, -0.15) is 44.6 Å². The zero-order valence-corrected chi connectivity index (χ0v) is 17.4. The highest BCUT2D eigenvalue weighted by Crippen LogP contribution is 2.42. The average Bonchev–Trinajstić information content (AvgIpc) is 2.97.